The highest BCUT2D eigenvalue weighted by atomic mass is 16.2. The van der Waals surface area contributed by atoms with E-state index in [0.717, 1.165) is 0 Å². The van der Waals surface area contributed by atoms with Gasteiger partial charge in [0.15, 0.2) is 0 Å². The van der Waals surface area contributed by atoms with Crippen molar-refractivity contribution < 1.29 is 4.79 Å². The topological polar surface area (TPSA) is 92.1 Å². The van der Waals surface area contributed by atoms with E-state index in [0.29, 0.717) is 24.6 Å². The quantitative estimate of drug-likeness (QED) is 0.880. The van der Waals surface area contributed by atoms with E-state index in [4.69, 9.17) is 5.73 Å². The maximum absolute atomic E-state index is 12.6. The number of aromatic nitrogens is 2. The number of hydrogen-bond donors (Lipinski definition) is 2. The Balaban J connectivity index is 3.18. The standard InChI is InChI=1S/C16H28N4O2/c1-10-11(12(21)19-14(18-10)15(2,3)4)13(22)20(7)9-16(5,6)8-17/h8-9,17H2,1-7H3,(H,18,19,21). The normalized spacial score (nSPS) is 12.4. The second-order valence-electron chi connectivity index (χ2n) is 7.65. The van der Waals surface area contributed by atoms with Crippen LogP contribution in [0.5, 0.6) is 0 Å². The third-order valence-corrected chi connectivity index (χ3v) is 3.59. The van der Waals surface area contributed by atoms with Crippen LogP contribution in [-0.2, 0) is 5.41 Å². The van der Waals surface area contributed by atoms with Gasteiger partial charge in [0.05, 0.1) is 5.69 Å². The predicted octanol–water partition coefficient (Wildman–Crippen LogP) is 1.43. The van der Waals surface area contributed by atoms with Gasteiger partial charge in [-0.15, -0.1) is 0 Å². The molecule has 6 nitrogen and oxygen atoms in total. The summed E-state index contributed by atoms with van der Waals surface area (Å²) in [6.45, 7) is 12.5. The molecule has 0 aliphatic carbocycles. The molecular formula is C16H28N4O2. The van der Waals surface area contributed by atoms with E-state index in [1.165, 1.54) is 4.90 Å². The van der Waals surface area contributed by atoms with E-state index in [1.807, 2.05) is 34.6 Å². The number of hydrogen-bond acceptors (Lipinski definition) is 4. The summed E-state index contributed by atoms with van der Waals surface area (Å²) in [7, 11) is 1.68. The molecule has 0 aromatic carbocycles. The van der Waals surface area contributed by atoms with Crippen LogP contribution in [0.1, 0.15) is 56.5 Å². The number of aromatic amines is 1. The lowest BCUT2D eigenvalue weighted by Gasteiger charge is -2.29. The number of H-pyrrole nitrogens is 1. The Labute approximate surface area is 132 Å². The van der Waals surface area contributed by atoms with Crippen LogP contribution in [0.3, 0.4) is 0 Å². The van der Waals surface area contributed by atoms with E-state index < -0.39 is 0 Å². The lowest BCUT2D eigenvalue weighted by atomic mass is 9.93. The van der Waals surface area contributed by atoms with Gasteiger partial charge in [-0.2, -0.15) is 0 Å². The van der Waals surface area contributed by atoms with Crippen LogP contribution in [0.15, 0.2) is 4.79 Å². The highest BCUT2D eigenvalue weighted by Gasteiger charge is 2.26. The molecular weight excluding hydrogens is 280 g/mol. The number of nitrogens with two attached hydrogens (primary N) is 1. The van der Waals surface area contributed by atoms with Crippen LogP contribution in [0.2, 0.25) is 0 Å². The van der Waals surface area contributed by atoms with Crippen LogP contribution >= 0.6 is 0 Å². The highest BCUT2D eigenvalue weighted by Crippen LogP contribution is 2.19. The lowest BCUT2D eigenvalue weighted by molar-refractivity contribution is 0.0737. The number of nitrogens with zero attached hydrogens (tertiary/aromatic N) is 2. The summed E-state index contributed by atoms with van der Waals surface area (Å²) >= 11 is 0. The molecule has 1 heterocycles. The molecule has 3 N–H and O–H groups in total. The Morgan fingerprint density at radius 2 is 1.82 bits per heavy atom. The van der Waals surface area contributed by atoms with Gasteiger partial charge >= 0.3 is 0 Å². The number of aryl methyl sites for hydroxylation is 1. The third kappa shape index (κ3) is 4.16. The van der Waals surface area contributed by atoms with Crippen LogP contribution in [0.25, 0.3) is 0 Å². The van der Waals surface area contributed by atoms with Crippen LogP contribution < -0.4 is 11.3 Å². The molecule has 0 aliphatic rings. The Morgan fingerprint density at radius 1 is 1.27 bits per heavy atom. The molecule has 0 saturated heterocycles. The van der Waals surface area contributed by atoms with Crippen molar-refractivity contribution in [1.29, 1.82) is 0 Å². The number of carbonyl (C=O) groups excluding carboxylic acids is 1. The number of amides is 1. The van der Waals surface area contributed by atoms with Gasteiger partial charge in [0.2, 0.25) is 0 Å². The molecule has 1 aromatic heterocycles. The Bertz CT molecular complexity index is 612. The molecule has 0 radical (unpaired) electrons. The lowest BCUT2D eigenvalue weighted by Crippen LogP contribution is -2.42. The number of nitrogens with one attached hydrogen (secondary N) is 1. The minimum atomic E-state index is -0.389. The molecule has 0 unspecified atom stereocenters. The van der Waals surface area contributed by atoms with Crippen LogP contribution in [0.4, 0.5) is 0 Å². The summed E-state index contributed by atoms with van der Waals surface area (Å²) in [5.74, 6) is 0.254. The summed E-state index contributed by atoms with van der Waals surface area (Å²) in [5, 5.41) is 0. The van der Waals surface area contributed by atoms with E-state index in [1.54, 1.807) is 14.0 Å². The molecule has 0 spiro atoms. The van der Waals surface area contributed by atoms with Gasteiger partial charge in [0.1, 0.15) is 11.4 Å². The van der Waals surface area contributed by atoms with Gasteiger partial charge in [0, 0.05) is 19.0 Å². The maximum atomic E-state index is 12.6. The fourth-order valence-electron chi connectivity index (χ4n) is 2.16. The van der Waals surface area contributed by atoms with Gasteiger partial charge in [-0.05, 0) is 18.9 Å². The van der Waals surface area contributed by atoms with Gasteiger partial charge < -0.3 is 15.6 Å². The van der Waals surface area contributed by atoms with Crippen molar-refractivity contribution in [1.82, 2.24) is 14.9 Å². The fourth-order valence-corrected chi connectivity index (χ4v) is 2.16. The first-order chi connectivity index (χ1) is 9.89. The van der Waals surface area contributed by atoms with E-state index in [2.05, 4.69) is 9.97 Å². The van der Waals surface area contributed by atoms with Crippen molar-refractivity contribution in [3.63, 3.8) is 0 Å². The molecule has 1 amide bonds. The van der Waals surface area contributed by atoms with Crippen molar-refractivity contribution in [2.45, 2.75) is 47.0 Å². The summed E-state index contributed by atoms with van der Waals surface area (Å²) in [6.07, 6.45) is 0. The Morgan fingerprint density at radius 3 is 2.23 bits per heavy atom. The molecule has 0 atom stereocenters. The molecule has 0 saturated carbocycles. The van der Waals surface area contributed by atoms with Crippen LogP contribution in [0, 0.1) is 12.3 Å². The van der Waals surface area contributed by atoms with E-state index in [9.17, 15) is 9.59 Å². The van der Waals surface area contributed by atoms with Gasteiger partial charge in [-0.25, -0.2) is 4.98 Å². The van der Waals surface area contributed by atoms with Crippen LogP contribution in [-0.4, -0.2) is 40.9 Å². The molecule has 0 aliphatic heterocycles. The third-order valence-electron chi connectivity index (χ3n) is 3.59. The summed E-state index contributed by atoms with van der Waals surface area (Å²) in [6, 6.07) is 0. The summed E-state index contributed by atoms with van der Waals surface area (Å²) < 4.78 is 0. The molecule has 6 heteroatoms. The van der Waals surface area contributed by atoms with Crippen molar-refractivity contribution in [2.24, 2.45) is 11.1 Å². The molecule has 0 bridgehead atoms. The minimum Gasteiger partial charge on any atom is -0.341 e. The summed E-state index contributed by atoms with van der Waals surface area (Å²) in [5.41, 5.74) is 5.39. The average molecular weight is 308 g/mol. The van der Waals surface area contributed by atoms with Gasteiger partial charge in [0.25, 0.3) is 11.5 Å². The summed E-state index contributed by atoms with van der Waals surface area (Å²) in [4.78, 5) is 33.5. The van der Waals surface area contributed by atoms with Crippen molar-refractivity contribution in [2.75, 3.05) is 20.1 Å². The monoisotopic (exact) mass is 308 g/mol. The number of rotatable bonds is 4. The molecule has 1 rings (SSSR count). The zero-order chi connectivity index (χ0) is 17.3. The fraction of sp³-hybridized carbons (Fsp3) is 0.688. The number of carbonyl (C=O) groups is 1. The average Bonchev–Trinajstić information content (AvgIpc) is 2.36. The van der Waals surface area contributed by atoms with Crippen molar-refractivity contribution in [3.8, 4) is 0 Å². The first-order valence-electron chi connectivity index (χ1n) is 7.46. The smallest absolute Gasteiger partial charge is 0.264 e. The molecule has 1 aromatic rings. The second-order valence-corrected chi connectivity index (χ2v) is 7.65. The largest absolute Gasteiger partial charge is 0.341 e. The zero-order valence-electron chi connectivity index (χ0n) is 14.7. The highest BCUT2D eigenvalue weighted by molar-refractivity contribution is 5.94. The second kappa shape index (κ2) is 6.20. The Hall–Kier alpha value is -1.69. The van der Waals surface area contributed by atoms with Gasteiger partial charge in [-0.1, -0.05) is 34.6 Å². The first kappa shape index (κ1) is 18.4. The van der Waals surface area contributed by atoms with E-state index >= 15 is 0 Å². The Kier molecular flexibility index (Phi) is 5.18. The first-order valence-corrected chi connectivity index (χ1v) is 7.46. The van der Waals surface area contributed by atoms with Crippen molar-refractivity contribution in [3.05, 3.63) is 27.4 Å². The minimum absolute atomic E-state index is 0.100. The SMILES string of the molecule is Cc1nc(C(C)(C)C)[nH]c(=O)c1C(=O)N(C)CC(C)(C)CN. The molecule has 22 heavy (non-hydrogen) atoms. The van der Waals surface area contributed by atoms with E-state index in [-0.39, 0.29) is 27.9 Å². The maximum Gasteiger partial charge on any atom is 0.264 e. The molecule has 0 fully saturated rings. The van der Waals surface area contributed by atoms with Gasteiger partial charge in [-0.3, -0.25) is 9.59 Å². The predicted molar refractivity (Wildman–Crippen MR) is 88.1 cm³/mol. The van der Waals surface area contributed by atoms with Crippen molar-refractivity contribution >= 4 is 5.91 Å². The molecule has 124 valence electrons. The zero-order valence-corrected chi connectivity index (χ0v) is 14.7.